The normalized spacial score (nSPS) is 11.0. The van der Waals surface area contributed by atoms with Crippen LogP contribution in [0.1, 0.15) is 110 Å². The number of carbonyl (C=O) groups excluding carboxylic acids is 2. The van der Waals surface area contributed by atoms with Crippen LogP contribution in [-0.4, -0.2) is 32.2 Å². The summed E-state index contributed by atoms with van der Waals surface area (Å²) < 4.78 is 5.03. The molecule has 0 fully saturated rings. The smallest absolute Gasteiger partial charge is 0.407 e. The topological polar surface area (TPSA) is 67.4 Å². The van der Waals surface area contributed by atoms with E-state index in [1.807, 2.05) is 0 Å². The summed E-state index contributed by atoms with van der Waals surface area (Å²) in [6.07, 6.45) is 24.7. The van der Waals surface area contributed by atoms with Crippen molar-refractivity contribution < 1.29 is 14.3 Å². The van der Waals surface area contributed by atoms with Crippen LogP contribution in [0.4, 0.5) is 4.79 Å². The Balaban J connectivity index is 3.19. The Bertz CT molecular complexity index is 411. The maximum absolute atomic E-state index is 11.3. The third kappa shape index (κ3) is 22.6. The number of ether oxygens (including phenoxy) is 1. The van der Waals surface area contributed by atoms with Gasteiger partial charge in [-0.3, -0.25) is 4.79 Å². The van der Waals surface area contributed by atoms with Crippen LogP contribution >= 0.6 is 0 Å². The van der Waals surface area contributed by atoms with Gasteiger partial charge in [0.05, 0.1) is 13.2 Å². The lowest BCUT2D eigenvalue weighted by molar-refractivity contribution is -0.119. The zero-order valence-corrected chi connectivity index (χ0v) is 19.1. The third-order valence-corrected chi connectivity index (χ3v) is 5.06. The van der Waals surface area contributed by atoms with Gasteiger partial charge in [-0.15, -0.1) is 0 Å². The van der Waals surface area contributed by atoms with Crippen molar-refractivity contribution >= 4 is 12.0 Å². The van der Waals surface area contributed by atoms with E-state index < -0.39 is 6.09 Å². The SMILES string of the molecule is CCCCCCCC/C=C/CCCCCCCCCCOC(=O)NCC(=O)NC. The van der Waals surface area contributed by atoms with E-state index in [9.17, 15) is 9.59 Å². The first-order valence-corrected chi connectivity index (χ1v) is 12.0. The number of rotatable bonds is 20. The van der Waals surface area contributed by atoms with Crippen molar-refractivity contribution in [2.24, 2.45) is 0 Å². The zero-order valence-electron chi connectivity index (χ0n) is 19.1. The Kier molecular flexibility index (Phi) is 21.6. The molecule has 5 nitrogen and oxygen atoms in total. The van der Waals surface area contributed by atoms with E-state index in [2.05, 4.69) is 29.7 Å². The van der Waals surface area contributed by atoms with E-state index in [-0.39, 0.29) is 12.5 Å². The van der Waals surface area contributed by atoms with Gasteiger partial charge in [0, 0.05) is 7.05 Å². The van der Waals surface area contributed by atoms with Crippen LogP contribution in [0.3, 0.4) is 0 Å². The minimum atomic E-state index is -0.519. The molecule has 0 atom stereocenters. The van der Waals surface area contributed by atoms with Gasteiger partial charge in [0.25, 0.3) is 0 Å². The molecule has 0 spiro atoms. The summed E-state index contributed by atoms with van der Waals surface area (Å²) >= 11 is 0. The molecular formula is C24H46N2O3. The molecule has 0 saturated carbocycles. The van der Waals surface area contributed by atoms with Crippen molar-refractivity contribution in [1.82, 2.24) is 10.6 Å². The molecule has 0 aliphatic carbocycles. The van der Waals surface area contributed by atoms with Gasteiger partial charge in [-0.05, 0) is 32.1 Å². The Morgan fingerprint density at radius 1 is 0.724 bits per heavy atom. The molecule has 0 aromatic carbocycles. The molecule has 0 heterocycles. The van der Waals surface area contributed by atoms with Crippen molar-refractivity contribution in [3.05, 3.63) is 12.2 Å². The monoisotopic (exact) mass is 410 g/mol. The van der Waals surface area contributed by atoms with Gasteiger partial charge in [-0.2, -0.15) is 0 Å². The summed E-state index contributed by atoms with van der Waals surface area (Å²) in [6, 6.07) is 0. The van der Waals surface area contributed by atoms with Crippen molar-refractivity contribution in [2.75, 3.05) is 20.2 Å². The quantitative estimate of drug-likeness (QED) is 0.183. The summed E-state index contributed by atoms with van der Waals surface area (Å²) in [5.74, 6) is -0.230. The molecular weight excluding hydrogens is 364 g/mol. The Morgan fingerprint density at radius 3 is 1.72 bits per heavy atom. The molecule has 170 valence electrons. The number of likely N-dealkylation sites (N-methyl/N-ethyl adjacent to an activating group) is 1. The summed E-state index contributed by atoms with van der Waals surface area (Å²) in [5, 5.41) is 4.85. The fourth-order valence-corrected chi connectivity index (χ4v) is 3.16. The summed E-state index contributed by atoms with van der Waals surface area (Å²) in [5.41, 5.74) is 0. The van der Waals surface area contributed by atoms with E-state index in [4.69, 9.17) is 4.74 Å². The number of carbonyl (C=O) groups is 2. The van der Waals surface area contributed by atoms with Crippen molar-refractivity contribution in [3.63, 3.8) is 0 Å². The van der Waals surface area contributed by atoms with Crippen LogP contribution in [0, 0.1) is 0 Å². The van der Waals surface area contributed by atoms with Gasteiger partial charge in [0.2, 0.25) is 5.91 Å². The molecule has 0 rings (SSSR count). The van der Waals surface area contributed by atoms with Crippen LogP contribution in [0.2, 0.25) is 0 Å². The zero-order chi connectivity index (χ0) is 21.4. The number of alkyl carbamates (subject to hydrolysis) is 1. The number of hydrogen-bond donors (Lipinski definition) is 2. The fourth-order valence-electron chi connectivity index (χ4n) is 3.16. The number of nitrogens with one attached hydrogen (secondary N) is 2. The molecule has 0 saturated heterocycles. The second-order valence-electron chi connectivity index (χ2n) is 7.81. The van der Waals surface area contributed by atoms with E-state index >= 15 is 0 Å². The van der Waals surface area contributed by atoms with Crippen molar-refractivity contribution in [1.29, 1.82) is 0 Å². The molecule has 0 unspecified atom stereocenters. The number of hydrogen-bond acceptors (Lipinski definition) is 3. The molecule has 0 aromatic rings. The van der Waals surface area contributed by atoms with Gasteiger partial charge in [-0.1, -0.05) is 89.7 Å². The molecule has 2 amide bonds. The Morgan fingerprint density at radius 2 is 1.21 bits per heavy atom. The number of allylic oxidation sites excluding steroid dienone is 2. The number of unbranched alkanes of at least 4 members (excludes halogenated alkanes) is 14. The highest BCUT2D eigenvalue weighted by Gasteiger charge is 2.03. The van der Waals surface area contributed by atoms with Gasteiger partial charge in [0.1, 0.15) is 0 Å². The van der Waals surface area contributed by atoms with Crippen LogP contribution in [0.15, 0.2) is 12.2 Å². The van der Waals surface area contributed by atoms with E-state index in [0.717, 1.165) is 12.8 Å². The lowest BCUT2D eigenvalue weighted by atomic mass is 10.1. The van der Waals surface area contributed by atoms with Crippen LogP contribution in [-0.2, 0) is 9.53 Å². The highest BCUT2D eigenvalue weighted by atomic mass is 16.5. The second-order valence-corrected chi connectivity index (χ2v) is 7.81. The van der Waals surface area contributed by atoms with Gasteiger partial charge in [-0.25, -0.2) is 4.79 Å². The Labute approximate surface area is 179 Å². The fraction of sp³-hybridized carbons (Fsp3) is 0.833. The third-order valence-electron chi connectivity index (χ3n) is 5.06. The van der Waals surface area contributed by atoms with E-state index in [1.165, 1.54) is 96.9 Å². The molecule has 5 heteroatoms. The number of amides is 2. The summed E-state index contributed by atoms with van der Waals surface area (Å²) in [7, 11) is 1.53. The molecule has 0 bridgehead atoms. The summed E-state index contributed by atoms with van der Waals surface area (Å²) in [4.78, 5) is 22.3. The lowest BCUT2D eigenvalue weighted by Gasteiger charge is -2.06. The van der Waals surface area contributed by atoms with Crippen molar-refractivity contribution in [2.45, 2.75) is 110 Å². The average molecular weight is 411 g/mol. The van der Waals surface area contributed by atoms with Crippen LogP contribution in [0.25, 0.3) is 0 Å². The molecule has 0 aliphatic heterocycles. The van der Waals surface area contributed by atoms with Crippen molar-refractivity contribution in [3.8, 4) is 0 Å². The molecule has 0 aliphatic rings. The maximum atomic E-state index is 11.3. The highest BCUT2D eigenvalue weighted by Crippen LogP contribution is 2.11. The van der Waals surface area contributed by atoms with Crippen LogP contribution < -0.4 is 10.6 Å². The minimum absolute atomic E-state index is 0.0375. The van der Waals surface area contributed by atoms with Gasteiger partial charge >= 0.3 is 6.09 Å². The van der Waals surface area contributed by atoms with Crippen LogP contribution in [0.5, 0.6) is 0 Å². The first-order chi connectivity index (χ1) is 14.2. The molecule has 2 N–H and O–H groups in total. The first kappa shape index (κ1) is 27.5. The predicted octanol–water partition coefficient (Wildman–Crippen LogP) is 6.28. The largest absolute Gasteiger partial charge is 0.450 e. The standard InChI is InChI=1S/C24H46N2O3/c1-3-4-5-6-7-8-9-10-11-12-13-14-15-16-17-18-19-20-21-29-24(28)26-22-23(27)25-2/h10-11H,3-9,12-22H2,1-2H3,(H,25,27)(H,26,28)/b11-10+. The lowest BCUT2D eigenvalue weighted by Crippen LogP contribution is -2.35. The predicted molar refractivity (Wildman–Crippen MR) is 122 cm³/mol. The summed E-state index contributed by atoms with van der Waals surface area (Å²) in [6.45, 7) is 2.65. The van der Waals surface area contributed by atoms with Gasteiger partial charge < -0.3 is 15.4 Å². The van der Waals surface area contributed by atoms with E-state index in [0.29, 0.717) is 6.61 Å². The van der Waals surface area contributed by atoms with Gasteiger partial charge in [0.15, 0.2) is 0 Å². The first-order valence-electron chi connectivity index (χ1n) is 12.0. The Hall–Kier alpha value is -1.52. The second kappa shape index (κ2) is 22.8. The molecule has 0 aromatic heterocycles. The van der Waals surface area contributed by atoms with E-state index in [1.54, 1.807) is 0 Å². The minimum Gasteiger partial charge on any atom is -0.450 e. The molecule has 29 heavy (non-hydrogen) atoms. The maximum Gasteiger partial charge on any atom is 0.407 e. The average Bonchev–Trinajstić information content (AvgIpc) is 2.73. The highest BCUT2D eigenvalue weighted by molar-refractivity contribution is 5.81. The molecule has 0 radical (unpaired) electrons.